The molecule has 0 fully saturated rings. The Labute approximate surface area is 111 Å². The van der Waals surface area contributed by atoms with Gasteiger partial charge in [-0.1, -0.05) is 19.0 Å². The molecule has 19 heavy (non-hydrogen) atoms. The predicted molar refractivity (Wildman–Crippen MR) is 66.2 cm³/mol. The van der Waals surface area contributed by atoms with Gasteiger partial charge in [-0.3, -0.25) is 0 Å². The van der Waals surface area contributed by atoms with Crippen molar-refractivity contribution in [2.75, 3.05) is 26.3 Å². The zero-order valence-corrected chi connectivity index (χ0v) is 11.3. The molecule has 0 bridgehead atoms. The molecule has 0 aromatic carbocycles. The summed E-state index contributed by atoms with van der Waals surface area (Å²) < 4.78 is 39.7. The number of ether oxygens (including phenoxy) is 1. The second-order valence-corrected chi connectivity index (χ2v) is 4.89. The zero-order valence-electron chi connectivity index (χ0n) is 11.3. The third kappa shape index (κ3) is 9.54. The summed E-state index contributed by atoms with van der Waals surface area (Å²) in [5.74, 6) is 0.168. The van der Waals surface area contributed by atoms with Gasteiger partial charge in [0.1, 0.15) is 12.4 Å². The van der Waals surface area contributed by atoms with Crippen molar-refractivity contribution in [2.45, 2.75) is 32.9 Å². The molecule has 0 spiro atoms. The molecule has 0 aromatic rings. The van der Waals surface area contributed by atoms with E-state index in [0.29, 0.717) is 19.5 Å². The van der Waals surface area contributed by atoms with Crippen LogP contribution < -0.4 is 11.1 Å². The number of amidine groups is 1. The fourth-order valence-electron chi connectivity index (χ4n) is 1.38. The van der Waals surface area contributed by atoms with Crippen LogP contribution in [0, 0.1) is 5.41 Å². The molecule has 0 unspecified atom stereocenters. The van der Waals surface area contributed by atoms with Crippen LogP contribution in [0.25, 0.3) is 0 Å². The van der Waals surface area contributed by atoms with Gasteiger partial charge in [-0.25, -0.2) is 0 Å². The minimum atomic E-state index is -4.27. The number of oxime groups is 1. The number of nitrogens with one attached hydrogen (secondary N) is 1. The number of hydrogen-bond acceptors (Lipinski definition) is 4. The summed E-state index contributed by atoms with van der Waals surface area (Å²) in [7, 11) is 0. The number of nitrogens with two attached hydrogens (primary N) is 1. The van der Waals surface area contributed by atoms with Crippen LogP contribution in [-0.4, -0.2) is 43.5 Å². The maximum atomic E-state index is 11.7. The fourth-order valence-corrected chi connectivity index (χ4v) is 1.38. The highest BCUT2D eigenvalue weighted by Crippen LogP contribution is 2.21. The van der Waals surface area contributed by atoms with Gasteiger partial charge in [0.05, 0.1) is 6.61 Å². The van der Waals surface area contributed by atoms with Crippen LogP contribution >= 0.6 is 0 Å². The Morgan fingerprint density at radius 2 is 1.95 bits per heavy atom. The van der Waals surface area contributed by atoms with Crippen molar-refractivity contribution < 1.29 is 23.1 Å². The van der Waals surface area contributed by atoms with Crippen LogP contribution in [-0.2, 0) is 4.74 Å². The van der Waals surface area contributed by atoms with Crippen LogP contribution in [0.3, 0.4) is 0 Å². The standard InChI is InChI=1S/C11H22F3N3O2/c1-10(2,9(15)17-18)4-3-5-16-6-7-19-8-11(12,13)14/h16,18H,3-8H2,1-2H3,(H2,15,17). The number of nitrogens with zero attached hydrogens (tertiary/aromatic N) is 1. The molecule has 0 saturated heterocycles. The summed E-state index contributed by atoms with van der Waals surface area (Å²) >= 11 is 0. The Kier molecular flexibility index (Phi) is 7.77. The average molecular weight is 285 g/mol. The molecule has 0 rings (SSSR count). The lowest BCUT2D eigenvalue weighted by Gasteiger charge is -2.22. The van der Waals surface area contributed by atoms with Gasteiger partial charge in [-0.15, -0.1) is 0 Å². The Morgan fingerprint density at radius 3 is 2.47 bits per heavy atom. The van der Waals surface area contributed by atoms with E-state index in [1.165, 1.54) is 0 Å². The van der Waals surface area contributed by atoms with E-state index >= 15 is 0 Å². The molecule has 8 heteroatoms. The molecular weight excluding hydrogens is 263 g/mol. The minimum absolute atomic E-state index is 0.0170. The van der Waals surface area contributed by atoms with E-state index in [0.717, 1.165) is 6.42 Å². The molecular formula is C11H22F3N3O2. The maximum Gasteiger partial charge on any atom is 0.411 e. The Morgan fingerprint density at radius 1 is 1.32 bits per heavy atom. The fraction of sp³-hybridized carbons (Fsp3) is 0.909. The monoisotopic (exact) mass is 285 g/mol. The molecule has 0 amide bonds. The van der Waals surface area contributed by atoms with E-state index < -0.39 is 18.2 Å². The van der Waals surface area contributed by atoms with Crippen LogP contribution in [0.4, 0.5) is 13.2 Å². The molecule has 0 atom stereocenters. The van der Waals surface area contributed by atoms with Crippen molar-refractivity contribution in [2.24, 2.45) is 16.3 Å². The molecule has 0 aliphatic carbocycles. The Hall–Kier alpha value is -1.02. The van der Waals surface area contributed by atoms with Crippen LogP contribution in [0.5, 0.6) is 0 Å². The number of hydrogen-bond donors (Lipinski definition) is 3. The van der Waals surface area contributed by atoms with E-state index in [9.17, 15) is 13.2 Å². The highest BCUT2D eigenvalue weighted by Gasteiger charge is 2.27. The molecule has 0 aliphatic heterocycles. The highest BCUT2D eigenvalue weighted by atomic mass is 19.4. The topological polar surface area (TPSA) is 79.9 Å². The van der Waals surface area contributed by atoms with E-state index in [-0.39, 0.29) is 12.4 Å². The first kappa shape index (κ1) is 18.0. The molecule has 4 N–H and O–H groups in total. The van der Waals surface area contributed by atoms with Crippen molar-refractivity contribution in [3.63, 3.8) is 0 Å². The van der Waals surface area contributed by atoms with Gasteiger partial charge < -0.3 is 21.0 Å². The first-order valence-corrected chi connectivity index (χ1v) is 6.02. The second kappa shape index (κ2) is 8.21. The second-order valence-electron chi connectivity index (χ2n) is 4.89. The van der Waals surface area contributed by atoms with Crippen LogP contribution in [0.15, 0.2) is 5.16 Å². The lowest BCUT2D eigenvalue weighted by molar-refractivity contribution is -0.173. The molecule has 0 aromatic heterocycles. The van der Waals surface area contributed by atoms with Gasteiger partial charge in [0.2, 0.25) is 0 Å². The Bertz CT molecular complexity index is 281. The third-order valence-corrected chi connectivity index (χ3v) is 2.65. The van der Waals surface area contributed by atoms with Crippen LogP contribution in [0.2, 0.25) is 0 Å². The molecule has 0 radical (unpaired) electrons. The molecule has 0 heterocycles. The van der Waals surface area contributed by atoms with Gasteiger partial charge >= 0.3 is 6.18 Å². The minimum Gasteiger partial charge on any atom is -0.409 e. The van der Waals surface area contributed by atoms with Gasteiger partial charge in [0, 0.05) is 12.0 Å². The molecule has 114 valence electrons. The van der Waals surface area contributed by atoms with Crippen molar-refractivity contribution >= 4 is 5.84 Å². The van der Waals surface area contributed by atoms with Gasteiger partial charge in [0.25, 0.3) is 0 Å². The summed E-state index contributed by atoms with van der Waals surface area (Å²) in [6.07, 6.45) is -2.80. The van der Waals surface area contributed by atoms with Crippen molar-refractivity contribution in [3.8, 4) is 0 Å². The number of halogens is 3. The molecule has 0 aliphatic rings. The average Bonchev–Trinajstić information content (AvgIpc) is 2.30. The quantitative estimate of drug-likeness (QED) is 0.198. The van der Waals surface area contributed by atoms with E-state index in [1.807, 2.05) is 13.8 Å². The van der Waals surface area contributed by atoms with Gasteiger partial charge in [-0.2, -0.15) is 13.2 Å². The van der Waals surface area contributed by atoms with Crippen molar-refractivity contribution in [3.05, 3.63) is 0 Å². The molecule has 5 nitrogen and oxygen atoms in total. The van der Waals surface area contributed by atoms with Crippen molar-refractivity contribution in [1.82, 2.24) is 5.32 Å². The first-order valence-electron chi connectivity index (χ1n) is 6.02. The molecule has 0 saturated carbocycles. The summed E-state index contributed by atoms with van der Waals surface area (Å²) in [4.78, 5) is 0. The Balaban J connectivity index is 3.51. The first-order chi connectivity index (χ1) is 8.69. The lowest BCUT2D eigenvalue weighted by Crippen LogP contribution is -2.33. The summed E-state index contributed by atoms with van der Waals surface area (Å²) in [6, 6.07) is 0. The van der Waals surface area contributed by atoms with Crippen LogP contribution in [0.1, 0.15) is 26.7 Å². The van der Waals surface area contributed by atoms with Crippen molar-refractivity contribution in [1.29, 1.82) is 0 Å². The number of rotatable bonds is 9. The smallest absolute Gasteiger partial charge is 0.409 e. The maximum absolute atomic E-state index is 11.7. The highest BCUT2D eigenvalue weighted by molar-refractivity contribution is 5.85. The van der Waals surface area contributed by atoms with E-state index in [1.54, 1.807) is 0 Å². The largest absolute Gasteiger partial charge is 0.411 e. The summed E-state index contributed by atoms with van der Waals surface area (Å²) in [5, 5.41) is 14.5. The summed E-state index contributed by atoms with van der Waals surface area (Å²) in [5.41, 5.74) is 5.13. The lowest BCUT2D eigenvalue weighted by atomic mass is 9.86. The zero-order chi connectivity index (χ0) is 14.9. The SMILES string of the molecule is CC(C)(CCCNCCOCC(F)(F)F)C(N)=NO. The third-order valence-electron chi connectivity index (χ3n) is 2.65. The van der Waals surface area contributed by atoms with E-state index in [2.05, 4.69) is 15.2 Å². The summed E-state index contributed by atoms with van der Waals surface area (Å²) in [6.45, 7) is 3.51. The number of alkyl halides is 3. The van der Waals surface area contributed by atoms with Gasteiger partial charge in [0.15, 0.2) is 0 Å². The van der Waals surface area contributed by atoms with Gasteiger partial charge in [-0.05, 0) is 19.4 Å². The predicted octanol–water partition coefficient (Wildman–Crippen LogP) is 1.71. The van der Waals surface area contributed by atoms with E-state index in [4.69, 9.17) is 10.9 Å². The normalized spacial score (nSPS) is 13.8.